The lowest BCUT2D eigenvalue weighted by molar-refractivity contribution is 0.109. The van der Waals surface area contributed by atoms with Gasteiger partial charge in [0.2, 0.25) is 5.12 Å². The normalized spacial score (nSPS) is 14.5. The Hall–Kier alpha value is -0.960. The van der Waals surface area contributed by atoms with Gasteiger partial charge in [-0.25, -0.2) is 0 Å². The van der Waals surface area contributed by atoms with Crippen LogP contribution in [0.3, 0.4) is 0 Å². The van der Waals surface area contributed by atoms with E-state index in [4.69, 9.17) is 4.74 Å². The van der Waals surface area contributed by atoms with E-state index in [1.807, 2.05) is 12.1 Å². The molecule has 0 saturated heterocycles. The summed E-state index contributed by atoms with van der Waals surface area (Å²) in [6, 6.07) is 5.46. The number of thiol groups is 1. The maximum Gasteiger partial charge on any atom is 0.216 e. The second-order valence-electron chi connectivity index (χ2n) is 3.08. The van der Waals surface area contributed by atoms with Crippen LogP contribution in [0, 0.1) is 0 Å². The van der Waals surface area contributed by atoms with E-state index < -0.39 is 0 Å². The molecule has 1 aliphatic rings. The zero-order valence-electron chi connectivity index (χ0n) is 7.12. The Balaban J connectivity index is 2.40. The predicted octanol–water partition coefficient (Wildman–Crippen LogP) is 2.08. The van der Waals surface area contributed by atoms with Crippen molar-refractivity contribution < 1.29 is 9.53 Å². The fraction of sp³-hybridized carbons (Fsp3) is 0.300. The van der Waals surface area contributed by atoms with Gasteiger partial charge in [-0.05, 0) is 36.6 Å². The zero-order valence-corrected chi connectivity index (χ0v) is 8.01. The number of carbonyl (C=O) groups is 1. The second-order valence-corrected chi connectivity index (χ2v) is 3.49. The van der Waals surface area contributed by atoms with E-state index in [-0.39, 0.29) is 5.12 Å². The van der Waals surface area contributed by atoms with Crippen molar-refractivity contribution in [2.45, 2.75) is 12.8 Å². The third-order valence-corrected chi connectivity index (χ3v) is 2.41. The van der Waals surface area contributed by atoms with Crippen LogP contribution < -0.4 is 4.74 Å². The minimum Gasteiger partial charge on any atom is -0.493 e. The van der Waals surface area contributed by atoms with E-state index >= 15 is 0 Å². The summed E-state index contributed by atoms with van der Waals surface area (Å²) in [6.45, 7) is 0.779. The first-order valence-corrected chi connectivity index (χ1v) is 4.71. The summed E-state index contributed by atoms with van der Waals surface area (Å²) in [7, 11) is 0. The van der Waals surface area contributed by atoms with Crippen molar-refractivity contribution in [1.29, 1.82) is 0 Å². The minimum absolute atomic E-state index is 0.187. The zero-order chi connectivity index (χ0) is 9.26. The first-order valence-electron chi connectivity index (χ1n) is 4.26. The van der Waals surface area contributed by atoms with Crippen molar-refractivity contribution >= 4 is 17.7 Å². The quantitative estimate of drug-likeness (QED) is 0.693. The van der Waals surface area contributed by atoms with E-state index in [1.54, 1.807) is 6.07 Å². The molecule has 2 nitrogen and oxygen atoms in total. The average molecular weight is 194 g/mol. The molecule has 0 N–H and O–H groups in total. The molecule has 1 aromatic rings. The molecular formula is C10H10O2S. The van der Waals surface area contributed by atoms with Gasteiger partial charge in [0, 0.05) is 5.56 Å². The largest absolute Gasteiger partial charge is 0.493 e. The molecule has 0 saturated carbocycles. The van der Waals surface area contributed by atoms with Gasteiger partial charge in [-0.15, -0.1) is 12.6 Å². The van der Waals surface area contributed by atoms with Gasteiger partial charge in [-0.1, -0.05) is 0 Å². The molecule has 2 rings (SSSR count). The molecule has 3 heteroatoms. The van der Waals surface area contributed by atoms with Gasteiger partial charge in [-0.3, -0.25) is 4.79 Å². The van der Waals surface area contributed by atoms with Crippen molar-refractivity contribution in [3.8, 4) is 5.75 Å². The number of benzene rings is 1. The molecule has 1 aromatic carbocycles. The van der Waals surface area contributed by atoms with E-state index in [2.05, 4.69) is 12.6 Å². The molecule has 68 valence electrons. The molecule has 1 heterocycles. The number of ether oxygens (including phenoxy) is 1. The molecule has 0 unspecified atom stereocenters. The molecule has 0 amide bonds. The number of hydrogen-bond donors (Lipinski definition) is 1. The molecule has 13 heavy (non-hydrogen) atoms. The molecular weight excluding hydrogens is 184 g/mol. The number of hydrogen-bond acceptors (Lipinski definition) is 2. The van der Waals surface area contributed by atoms with Crippen molar-refractivity contribution in [3.05, 3.63) is 29.3 Å². The molecule has 0 fully saturated rings. The third kappa shape index (κ3) is 1.70. The third-order valence-electron chi connectivity index (χ3n) is 2.16. The monoisotopic (exact) mass is 194 g/mol. The summed E-state index contributed by atoms with van der Waals surface area (Å²) < 4.78 is 5.42. The second kappa shape index (κ2) is 3.42. The lowest BCUT2D eigenvalue weighted by Gasteiger charge is -2.17. The maximum absolute atomic E-state index is 11.0. The Morgan fingerprint density at radius 3 is 3.08 bits per heavy atom. The lowest BCUT2D eigenvalue weighted by Crippen LogP contribution is -2.08. The van der Waals surface area contributed by atoms with Crippen LogP contribution in [0.15, 0.2) is 18.2 Å². The molecule has 0 radical (unpaired) electrons. The Kier molecular flexibility index (Phi) is 2.27. The Morgan fingerprint density at radius 1 is 1.46 bits per heavy atom. The highest BCUT2D eigenvalue weighted by atomic mass is 32.1. The van der Waals surface area contributed by atoms with Crippen LogP contribution in [-0.2, 0) is 6.42 Å². The summed E-state index contributed by atoms with van der Waals surface area (Å²) in [5.74, 6) is 0.907. The van der Waals surface area contributed by atoms with Crippen LogP contribution in [0.5, 0.6) is 5.75 Å². The van der Waals surface area contributed by atoms with Gasteiger partial charge in [0.05, 0.1) is 6.61 Å². The molecule has 0 aromatic heterocycles. The van der Waals surface area contributed by atoms with Crippen LogP contribution >= 0.6 is 12.6 Å². The fourth-order valence-electron chi connectivity index (χ4n) is 1.49. The summed E-state index contributed by atoms with van der Waals surface area (Å²) in [6.07, 6.45) is 2.02. The molecule has 0 bridgehead atoms. The highest BCUT2D eigenvalue weighted by Crippen LogP contribution is 2.25. The van der Waals surface area contributed by atoms with Crippen LogP contribution in [0.1, 0.15) is 22.3 Å². The van der Waals surface area contributed by atoms with E-state index in [1.165, 1.54) is 0 Å². The minimum atomic E-state index is -0.187. The predicted molar refractivity (Wildman–Crippen MR) is 53.6 cm³/mol. The van der Waals surface area contributed by atoms with Crippen LogP contribution in [0.4, 0.5) is 0 Å². The number of rotatable bonds is 1. The van der Waals surface area contributed by atoms with Crippen molar-refractivity contribution in [1.82, 2.24) is 0 Å². The summed E-state index contributed by atoms with van der Waals surface area (Å²) >= 11 is 3.78. The van der Waals surface area contributed by atoms with Crippen LogP contribution in [0.25, 0.3) is 0 Å². The smallest absolute Gasteiger partial charge is 0.216 e. The first kappa shape index (κ1) is 8.63. The van der Waals surface area contributed by atoms with Gasteiger partial charge in [0.25, 0.3) is 0 Å². The summed E-state index contributed by atoms with van der Waals surface area (Å²) in [5.41, 5.74) is 1.76. The van der Waals surface area contributed by atoms with Gasteiger partial charge in [0.15, 0.2) is 0 Å². The standard InChI is InChI=1S/C10H10O2S/c11-10(13)8-3-4-9-7(6-8)2-1-5-12-9/h3-4,6H,1-2,5H2,(H,11,13). The number of carbonyl (C=O) groups excluding carboxylic acids is 1. The molecule has 0 aliphatic carbocycles. The summed E-state index contributed by atoms with van der Waals surface area (Å²) in [5, 5.41) is -0.187. The van der Waals surface area contributed by atoms with Crippen LogP contribution in [-0.4, -0.2) is 11.7 Å². The number of aryl methyl sites for hydroxylation is 1. The lowest BCUT2D eigenvalue weighted by atomic mass is 10.0. The average Bonchev–Trinajstić information content (AvgIpc) is 2.17. The van der Waals surface area contributed by atoms with Gasteiger partial charge >= 0.3 is 0 Å². The van der Waals surface area contributed by atoms with E-state index in [0.717, 1.165) is 30.8 Å². The fourth-order valence-corrected chi connectivity index (χ4v) is 1.63. The topological polar surface area (TPSA) is 26.3 Å². The van der Waals surface area contributed by atoms with Crippen LogP contribution in [0.2, 0.25) is 0 Å². The van der Waals surface area contributed by atoms with Crippen molar-refractivity contribution in [2.24, 2.45) is 0 Å². The van der Waals surface area contributed by atoms with Gasteiger partial charge < -0.3 is 4.74 Å². The maximum atomic E-state index is 11.0. The highest BCUT2D eigenvalue weighted by molar-refractivity contribution is 7.97. The number of fused-ring (bicyclic) bond motifs is 1. The van der Waals surface area contributed by atoms with Gasteiger partial charge in [0.1, 0.15) is 5.75 Å². The Labute approximate surface area is 82.3 Å². The molecule has 0 atom stereocenters. The van der Waals surface area contributed by atoms with Crippen molar-refractivity contribution in [2.75, 3.05) is 6.61 Å². The van der Waals surface area contributed by atoms with E-state index in [9.17, 15) is 4.79 Å². The first-order chi connectivity index (χ1) is 6.27. The van der Waals surface area contributed by atoms with Gasteiger partial charge in [-0.2, -0.15) is 0 Å². The Morgan fingerprint density at radius 2 is 2.31 bits per heavy atom. The SMILES string of the molecule is O=C(S)c1ccc2c(c1)CCCO2. The van der Waals surface area contributed by atoms with Crippen molar-refractivity contribution in [3.63, 3.8) is 0 Å². The molecule has 0 spiro atoms. The highest BCUT2D eigenvalue weighted by Gasteiger charge is 2.11. The van der Waals surface area contributed by atoms with E-state index in [0.29, 0.717) is 5.56 Å². The molecule has 1 aliphatic heterocycles. The summed E-state index contributed by atoms with van der Waals surface area (Å²) in [4.78, 5) is 11.0. The Bertz CT molecular complexity index is 347.